The average molecular weight is 453 g/mol. The Hall–Kier alpha value is -0.0600. The maximum Gasteiger partial charge on any atom is 0.357 e. The van der Waals surface area contributed by atoms with E-state index in [1.165, 1.54) is 6.07 Å². The van der Waals surface area contributed by atoms with Crippen molar-refractivity contribution in [1.82, 2.24) is 4.98 Å². The second kappa shape index (κ2) is 6.03. The Balaban J connectivity index is 3.24. The maximum absolute atomic E-state index is 12.7. The second-order valence-electron chi connectivity index (χ2n) is 2.72. The van der Waals surface area contributed by atoms with Gasteiger partial charge in [0, 0.05) is 3.57 Å². The van der Waals surface area contributed by atoms with Crippen molar-refractivity contribution in [1.29, 1.82) is 0 Å². The van der Waals surface area contributed by atoms with Gasteiger partial charge < -0.3 is 4.74 Å². The SMILES string of the molecule is CCOC(=O)c1nc(I)c(I)cc1C(F)F. The summed E-state index contributed by atoms with van der Waals surface area (Å²) >= 11 is 3.77. The minimum Gasteiger partial charge on any atom is -0.461 e. The van der Waals surface area contributed by atoms with Crippen LogP contribution in [0.1, 0.15) is 29.4 Å². The summed E-state index contributed by atoms with van der Waals surface area (Å²) in [6.45, 7) is 1.74. The van der Waals surface area contributed by atoms with E-state index < -0.39 is 12.4 Å². The molecule has 1 aromatic heterocycles. The number of alkyl halides is 2. The molecule has 0 spiro atoms. The molecule has 0 aliphatic heterocycles. The highest BCUT2D eigenvalue weighted by Crippen LogP contribution is 2.26. The van der Waals surface area contributed by atoms with Crippen molar-refractivity contribution in [2.24, 2.45) is 0 Å². The average Bonchev–Trinajstić information content (AvgIpc) is 2.21. The topological polar surface area (TPSA) is 39.2 Å². The molecule has 7 heteroatoms. The van der Waals surface area contributed by atoms with E-state index in [2.05, 4.69) is 9.72 Å². The highest BCUT2D eigenvalue weighted by Gasteiger charge is 2.22. The molecule has 0 bridgehead atoms. The van der Waals surface area contributed by atoms with Gasteiger partial charge in [-0.05, 0) is 58.2 Å². The van der Waals surface area contributed by atoms with E-state index in [9.17, 15) is 13.6 Å². The Morgan fingerprint density at radius 3 is 2.69 bits per heavy atom. The molecule has 0 fully saturated rings. The molecular formula is C9H7F2I2NO2. The number of hydrogen-bond acceptors (Lipinski definition) is 3. The van der Waals surface area contributed by atoms with Gasteiger partial charge in [-0.2, -0.15) is 0 Å². The number of halogens is 4. The fourth-order valence-electron chi connectivity index (χ4n) is 1.01. The number of aromatic nitrogens is 1. The maximum atomic E-state index is 12.7. The molecule has 0 N–H and O–H groups in total. The van der Waals surface area contributed by atoms with Crippen LogP contribution in [0.15, 0.2) is 6.07 Å². The molecule has 0 aliphatic carbocycles. The minimum atomic E-state index is -2.74. The lowest BCUT2D eigenvalue weighted by Crippen LogP contribution is -2.12. The molecule has 0 atom stereocenters. The fourth-order valence-corrected chi connectivity index (χ4v) is 1.86. The molecule has 0 radical (unpaired) electrons. The van der Waals surface area contributed by atoms with Crippen molar-refractivity contribution in [2.75, 3.05) is 6.61 Å². The van der Waals surface area contributed by atoms with Gasteiger partial charge in [-0.3, -0.25) is 0 Å². The first-order chi connectivity index (χ1) is 7.47. The van der Waals surface area contributed by atoms with Gasteiger partial charge in [-0.1, -0.05) is 0 Å². The Kier molecular flexibility index (Phi) is 5.28. The van der Waals surface area contributed by atoms with Gasteiger partial charge in [0.25, 0.3) is 6.43 Å². The van der Waals surface area contributed by atoms with Crippen LogP contribution in [0.4, 0.5) is 8.78 Å². The number of ether oxygens (including phenoxy) is 1. The van der Waals surface area contributed by atoms with Crippen molar-refractivity contribution in [2.45, 2.75) is 13.3 Å². The lowest BCUT2D eigenvalue weighted by atomic mass is 10.2. The van der Waals surface area contributed by atoms with Crippen LogP contribution in [-0.4, -0.2) is 17.6 Å². The third-order valence-corrected chi connectivity index (χ3v) is 4.34. The number of carbonyl (C=O) groups is 1. The fraction of sp³-hybridized carbons (Fsp3) is 0.333. The van der Waals surface area contributed by atoms with Crippen molar-refractivity contribution < 1.29 is 18.3 Å². The highest BCUT2D eigenvalue weighted by atomic mass is 127. The predicted octanol–water partition coefficient (Wildman–Crippen LogP) is 3.41. The molecule has 0 unspecified atom stereocenters. The first kappa shape index (κ1) is 14.0. The molecule has 1 heterocycles. The standard InChI is InChI=1S/C9H7F2I2NO2/c1-2-16-9(15)6-4(7(10)11)3-5(12)8(13)14-6/h3,7H,2H2,1H3. The Labute approximate surface area is 118 Å². The number of pyridine rings is 1. The molecule has 0 amide bonds. The van der Waals surface area contributed by atoms with Crippen molar-refractivity contribution in [3.05, 3.63) is 24.6 Å². The van der Waals surface area contributed by atoms with Crippen LogP contribution in [0, 0.1) is 7.27 Å². The molecule has 0 aromatic carbocycles. The van der Waals surface area contributed by atoms with E-state index in [0.29, 0.717) is 7.27 Å². The van der Waals surface area contributed by atoms with Crippen LogP contribution in [0.25, 0.3) is 0 Å². The zero-order chi connectivity index (χ0) is 12.3. The van der Waals surface area contributed by atoms with Gasteiger partial charge in [0.1, 0.15) is 3.70 Å². The highest BCUT2D eigenvalue weighted by molar-refractivity contribution is 14.1. The van der Waals surface area contributed by atoms with Gasteiger partial charge in [0.05, 0.1) is 12.2 Å². The monoisotopic (exact) mass is 453 g/mol. The van der Waals surface area contributed by atoms with E-state index in [-0.39, 0.29) is 17.9 Å². The van der Waals surface area contributed by atoms with Gasteiger partial charge in [0.2, 0.25) is 0 Å². The summed E-state index contributed by atoms with van der Waals surface area (Å²) in [4.78, 5) is 15.2. The molecule has 16 heavy (non-hydrogen) atoms. The van der Waals surface area contributed by atoms with Gasteiger partial charge >= 0.3 is 5.97 Å². The number of nitrogens with zero attached hydrogens (tertiary/aromatic N) is 1. The molecule has 1 aromatic rings. The third kappa shape index (κ3) is 3.22. The summed E-state index contributed by atoms with van der Waals surface area (Å²) in [7, 11) is 0. The van der Waals surface area contributed by atoms with Gasteiger partial charge in [-0.25, -0.2) is 18.6 Å². The van der Waals surface area contributed by atoms with E-state index in [1.807, 2.05) is 45.2 Å². The van der Waals surface area contributed by atoms with Crippen LogP contribution in [0.5, 0.6) is 0 Å². The number of esters is 1. The zero-order valence-corrected chi connectivity index (χ0v) is 12.5. The van der Waals surface area contributed by atoms with E-state index >= 15 is 0 Å². The zero-order valence-electron chi connectivity index (χ0n) is 8.14. The minimum absolute atomic E-state index is 0.131. The normalized spacial score (nSPS) is 10.6. The molecular weight excluding hydrogens is 446 g/mol. The largest absolute Gasteiger partial charge is 0.461 e. The summed E-state index contributed by atoms with van der Waals surface area (Å²) in [6, 6.07) is 1.26. The van der Waals surface area contributed by atoms with E-state index in [4.69, 9.17) is 0 Å². The first-order valence-electron chi connectivity index (χ1n) is 4.28. The first-order valence-corrected chi connectivity index (χ1v) is 6.44. The van der Waals surface area contributed by atoms with Crippen LogP contribution < -0.4 is 0 Å². The lowest BCUT2D eigenvalue weighted by Gasteiger charge is -2.08. The second-order valence-corrected chi connectivity index (χ2v) is 4.90. The van der Waals surface area contributed by atoms with E-state index in [0.717, 1.165) is 0 Å². The molecule has 3 nitrogen and oxygen atoms in total. The van der Waals surface area contributed by atoms with Gasteiger partial charge in [-0.15, -0.1) is 0 Å². The van der Waals surface area contributed by atoms with Crippen molar-refractivity contribution in [3.8, 4) is 0 Å². The van der Waals surface area contributed by atoms with Crippen molar-refractivity contribution in [3.63, 3.8) is 0 Å². The smallest absolute Gasteiger partial charge is 0.357 e. The molecule has 0 aliphatic rings. The summed E-state index contributed by atoms with van der Waals surface area (Å²) in [6.07, 6.45) is -2.74. The summed E-state index contributed by atoms with van der Waals surface area (Å²) < 4.78 is 31.1. The molecule has 88 valence electrons. The third-order valence-electron chi connectivity index (χ3n) is 1.67. The summed E-state index contributed by atoms with van der Waals surface area (Å²) in [5.41, 5.74) is -0.690. The number of rotatable bonds is 3. The van der Waals surface area contributed by atoms with Crippen LogP contribution in [0.2, 0.25) is 0 Å². The Morgan fingerprint density at radius 1 is 1.56 bits per heavy atom. The van der Waals surface area contributed by atoms with E-state index in [1.54, 1.807) is 6.92 Å². The molecule has 1 rings (SSSR count). The number of carbonyl (C=O) groups excluding carboxylic acids is 1. The Bertz CT molecular complexity index is 413. The van der Waals surface area contributed by atoms with Crippen molar-refractivity contribution >= 4 is 51.2 Å². The Morgan fingerprint density at radius 2 is 2.19 bits per heavy atom. The van der Waals surface area contributed by atoms with Gasteiger partial charge in [0.15, 0.2) is 5.69 Å². The van der Waals surface area contributed by atoms with Crippen LogP contribution >= 0.6 is 45.2 Å². The van der Waals surface area contributed by atoms with Crippen LogP contribution in [0.3, 0.4) is 0 Å². The number of hydrogen-bond donors (Lipinski definition) is 0. The summed E-state index contributed by atoms with van der Waals surface area (Å²) in [5, 5.41) is 0. The van der Waals surface area contributed by atoms with Crippen LogP contribution in [-0.2, 0) is 4.74 Å². The molecule has 0 saturated heterocycles. The lowest BCUT2D eigenvalue weighted by molar-refractivity contribution is 0.0507. The predicted molar refractivity (Wildman–Crippen MR) is 70.6 cm³/mol. The quantitative estimate of drug-likeness (QED) is 0.401. The summed E-state index contributed by atoms with van der Waals surface area (Å²) in [5.74, 6) is -0.813. The molecule has 0 saturated carbocycles.